The van der Waals surface area contributed by atoms with Crippen LogP contribution < -0.4 is 5.32 Å². The third-order valence-corrected chi connectivity index (χ3v) is 6.81. The number of amides is 1. The Kier molecular flexibility index (Phi) is 7.21. The molecule has 2 aromatic heterocycles. The molecule has 176 valence electrons. The van der Waals surface area contributed by atoms with E-state index in [0.29, 0.717) is 24.0 Å². The van der Waals surface area contributed by atoms with Crippen molar-refractivity contribution in [3.63, 3.8) is 0 Å². The van der Waals surface area contributed by atoms with Gasteiger partial charge in [0, 0.05) is 38.5 Å². The van der Waals surface area contributed by atoms with Crippen LogP contribution in [0.2, 0.25) is 0 Å². The van der Waals surface area contributed by atoms with Crippen LogP contribution in [0, 0.1) is 0 Å². The monoisotopic (exact) mass is 476 g/mol. The Labute approximate surface area is 202 Å². The summed E-state index contributed by atoms with van der Waals surface area (Å²) < 4.78 is 5.70. The van der Waals surface area contributed by atoms with Gasteiger partial charge in [0.2, 0.25) is 11.8 Å². The van der Waals surface area contributed by atoms with Crippen LogP contribution in [-0.2, 0) is 24.2 Å². The summed E-state index contributed by atoms with van der Waals surface area (Å²) in [5.74, 6) is 1.72. The average molecular weight is 477 g/mol. The first-order valence-corrected chi connectivity index (χ1v) is 12.6. The number of hydrogen-bond donors (Lipinski definition) is 2. The largest absolute Gasteiger partial charge is 0.416 e. The van der Waals surface area contributed by atoms with Gasteiger partial charge >= 0.3 is 0 Å². The number of likely N-dealkylation sites (tertiary alicyclic amines) is 1. The Balaban J connectivity index is 1.01. The predicted octanol–water partition coefficient (Wildman–Crippen LogP) is 3.60. The molecule has 0 spiro atoms. The molecule has 5 rings (SSSR count). The Hall–Kier alpha value is -3.17. The standard InChI is InChI=1S/C25H28N6O2S/c32-23(26-19-12-14-31(15-13-19)16-18-6-2-1-3-7-18)17-34-25-30-29-24(33-25)11-10-22-27-20-8-4-5-9-21(20)28-22/h1-9,19H,10-17H2,(H,26,32)(H,27,28). The molecular weight excluding hydrogens is 448 g/mol. The third kappa shape index (κ3) is 6.03. The Bertz CT molecular complexity index is 1180. The van der Waals surface area contributed by atoms with Crippen LogP contribution in [0.1, 0.15) is 30.1 Å². The molecule has 2 N–H and O–H groups in total. The zero-order valence-electron chi connectivity index (χ0n) is 18.9. The molecule has 0 unspecified atom stereocenters. The molecule has 2 aromatic carbocycles. The van der Waals surface area contributed by atoms with Crippen molar-refractivity contribution < 1.29 is 9.21 Å². The van der Waals surface area contributed by atoms with E-state index in [1.165, 1.54) is 17.3 Å². The number of aromatic nitrogens is 4. The number of hydrogen-bond acceptors (Lipinski definition) is 7. The second kappa shape index (κ2) is 10.8. The van der Waals surface area contributed by atoms with Crippen LogP contribution in [0.4, 0.5) is 0 Å². The van der Waals surface area contributed by atoms with Crippen molar-refractivity contribution >= 4 is 28.7 Å². The fourth-order valence-electron chi connectivity index (χ4n) is 4.22. The molecule has 0 bridgehead atoms. The highest BCUT2D eigenvalue weighted by Crippen LogP contribution is 2.18. The Morgan fingerprint density at radius 1 is 1.06 bits per heavy atom. The van der Waals surface area contributed by atoms with Gasteiger partial charge in [-0.3, -0.25) is 9.69 Å². The molecule has 1 aliphatic heterocycles. The molecule has 8 nitrogen and oxygen atoms in total. The number of fused-ring (bicyclic) bond motifs is 1. The van der Waals surface area contributed by atoms with E-state index in [1.807, 2.05) is 30.3 Å². The van der Waals surface area contributed by atoms with Crippen LogP contribution in [0.5, 0.6) is 0 Å². The van der Waals surface area contributed by atoms with E-state index in [2.05, 4.69) is 54.6 Å². The topological polar surface area (TPSA) is 99.9 Å². The highest BCUT2D eigenvalue weighted by Gasteiger charge is 2.21. The van der Waals surface area contributed by atoms with Gasteiger partial charge in [-0.1, -0.05) is 54.2 Å². The van der Waals surface area contributed by atoms with Gasteiger partial charge in [-0.05, 0) is 30.5 Å². The average Bonchev–Trinajstić information content (AvgIpc) is 3.50. The maximum atomic E-state index is 12.4. The molecule has 4 aromatic rings. The summed E-state index contributed by atoms with van der Waals surface area (Å²) in [6.45, 7) is 2.95. The minimum Gasteiger partial charge on any atom is -0.416 e. The number of thioether (sulfide) groups is 1. The van der Waals surface area contributed by atoms with Crippen LogP contribution in [0.3, 0.4) is 0 Å². The van der Waals surface area contributed by atoms with Crippen molar-refractivity contribution in [2.45, 2.75) is 43.5 Å². The van der Waals surface area contributed by atoms with Gasteiger partial charge < -0.3 is 14.7 Å². The summed E-state index contributed by atoms with van der Waals surface area (Å²) in [7, 11) is 0. The van der Waals surface area contributed by atoms with Crippen molar-refractivity contribution in [1.82, 2.24) is 30.4 Å². The van der Waals surface area contributed by atoms with Gasteiger partial charge in [0.05, 0.1) is 16.8 Å². The molecule has 0 saturated carbocycles. The molecule has 0 atom stereocenters. The van der Waals surface area contributed by atoms with E-state index < -0.39 is 0 Å². The zero-order chi connectivity index (χ0) is 23.2. The quantitative estimate of drug-likeness (QED) is 0.356. The molecule has 9 heteroatoms. The maximum Gasteiger partial charge on any atom is 0.277 e. The normalized spacial score (nSPS) is 15.1. The summed E-state index contributed by atoms with van der Waals surface area (Å²) in [6.07, 6.45) is 3.22. The molecule has 1 aliphatic rings. The van der Waals surface area contributed by atoms with Crippen molar-refractivity contribution in [3.8, 4) is 0 Å². The first-order valence-electron chi connectivity index (χ1n) is 11.7. The lowest BCUT2D eigenvalue weighted by Gasteiger charge is -2.32. The number of piperidine rings is 1. The minimum absolute atomic E-state index is 0.00790. The van der Waals surface area contributed by atoms with Crippen molar-refractivity contribution in [2.24, 2.45) is 0 Å². The van der Waals surface area contributed by atoms with E-state index in [9.17, 15) is 4.79 Å². The van der Waals surface area contributed by atoms with Crippen LogP contribution >= 0.6 is 11.8 Å². The van der Waals surface area contributed by atoms with Gasteiger partial charge in [0.25, 0.3) is 5.22 Å². The van der Waals surface area contributed by atoms with Crippen molar-refractivity contribution in [3.05, 3.63) is 71.9 Å². The fourth-order valence-corrected chi connectivity index (χ4v) is 4.81. The van der Waals surface area contributed by atoms with Crippen LogP contribution in [0.15, 0.2) is 64.2 Å². The van der Waals surface area contributed by atoms with Gasteiger partial charge in [-0.15, -0.1) is 10.2 Å². The summed E-state index contributed by atoms with van der Waals surface area (Å²) in [6, 6.07) is 18.7. The van der Waals surface area contributed by atoms with E-state index in [0.717, 1.165) is 49.3 Å². The summed E-state index contributed by atoms with van der Waals surface area (Å²) >= 11 is 1.28. The molecule has 0 radical (unpaired) electrons. The number of H-pyrrole nitrogens is 1. The molecule has 3 heterocycles. The smallest absolute Gasteiger partial charge is 0.277 e. The Morgan fingerprint density at radius 2 is 1.85 bits per heavy atom. The molecular formula is C25H28N6O2S. The number of nitrogens with zero attached hydrogens (tertiary/aromatic N) is 4. The van der Waals surface area contributed by atoms with Gasteiger partial charge in [-0.2, -0.15) is 0 Å². The lowest BCUT2D eigenvalue weighted by molar-refractivity contribution is -0.119. The second-order valence-corrected chi connectivity index (χ2v) is 9.48. The predicted molar refractivity (Wildman–Crippen MR) is 131 cm³/mol. The summed E-state index contributed by atoms with van der Waals surface area (Å²) in [5, 5.41) is 11.7. The first-order chi connectivity index (χ1) is 16.7. The first kappa shape index (κ1) is 22.6. The van der Waals surface area contributed by atoms with Crippen LogP contribution in [0.25, 0.3) is 11.0 Å². The number of rotatable bonds is 9. The second-order valence-electron chi connectivity index (χ2n) is 8.55. The lowest BCUT2D eigenvalue weighted by atomic mass is 10.0. The fraction of sp³-hybridized carbons (Fsp3) is 0.360. The highest BCUT2D eigenvalue weighted by molar-refractivity contribution is 7.99. The van der Waals surface area contributed by atoms with Gasteiger partial charge in [0.15, 0.2) is 0 Å². The summed E-state index contributed by atoms with van der Waals surface area (Å²) in [5.41, 5.74) is 3.30. The highest BCUT2D eigenvalue weighted by atomic mass is 32.2. The van der Waals surface area contributed by atoms with Crippen molar-refractivity contribution in [1.29, 1.82) is 0 Å². The van der Waals surface area contributed by atoms with E-state index in [-0.39, 0.29) is 17.7 Å². The zero-order valence-corrected chi connectivity index (χ0v) is 19.8. The van der Waals surface area contributed by atoms with E-state index in [1.54, 1.807) is 0 Å². The number of nitrogens with one attached hydrogen (secondary N) is 2. The number of carbonyl (C=O) groups is 1. The number of imidazole rings is 1. The number of carbonyl (C=O) groups excluding carboxylic acids is 1. The number of para-hydroxylation sites is 2. The lowest BCUT2D eigenvalue weighted by Crippen LogP contribution is -2.44. The summed E-state index contributed by atoms with van der Waals surface area (Å²) in [4.78, 5) is 22.7. The maximum absolute atomic E-state index is 12.4. The third-order valence-electron chi connectivity index (χ3n) is 5.99. The number of benzene rings is 2. The minimum atomic E-state index is 0.00790. The SMILES string of the molecule is O=C(CSc1nnc(CCc2nc3ccccc3[nH]2)o1)NC1CCN(Cc2ccccc2)CC1. The van der Waals surface area contributed by atoms with Crippen LogP contribution in [-0.4, -0.2) is 55.9 Å². The van der Waals surface area contributed by atoms with Crippen molar-refractivity contribution in [2.75, 3.05) is 18.8 Å². The molecule has 1 fully saturated rings. The number of aryl methyl sites for hydroxylation is 2. The molecule has 34 heavy (non-hydrogen) atoms. The Morgan fingerprint density at radius 3 is 2.68 bits per heavy atom. The van der Waals surface area contributed by atoms with Gasteiger partial charge in [-0.25, -0.2) is 4.98 Å². The van der Waals surface area contributed by atoms with Gasteiger partial charge in [0.1, 0.15) is 5.82 Å². The number of aromatic amines is 1. The molecule has 1 amide bonds. The molecule has 0 aliphatic carbocycles. The molecule has 1 saturated heterocycles. The van der Waals surface area contributed by atoms with E-state index >= 15 is 0 Å². The van der Waals surface area contributed by atoms with E-state index in [4.69, 9.17) is 4.42 Å².